The number of carbonyl (C=O) groups excluding carboxylic acids is 1. The standard InChI is InChI=1S/C11H17N3O2/c1-16-8-11(15)14-6-2-3-9(7-14)10-4-5-12-13-10/h4-5,9H,2-3,6-8H2,1H3,(H,12,13). The molecule has 5 nitrogen and oxygen atoms in total. The molecule has 1 N–H and O–H groups in total. The maximum atomic E-state index is 11.7. The maximum Gasteiger partial charge on any atom is 0.248 e. The van der Waals surface area contributed by atoms with Crippen molar-refractivity contribution in [3.8, 4) is 0 Å². The summed E-state index contributed by atoms with van der Waals surface area (Å²) in [5.74, 6) is 0.462. The summed E-state index contributed by atoms with van der Waals surface area (Å²) in [7, 11) is 1.55. The van der Waals surface area contributed by atoms with Crippen LogP contribution in [0.5, 0.6) is 0 Å². The van der Waals surface area contributed by atoms with Crippen molar-refractivity contribution >= 4 is 5.91 Å². The van der Waals surface area contributed by atoms with Crippen molar-refractivity contribution in [3.63, 3.8) is 0 Å². The van der Waals surface area contributed by atoms with Crippen molar-refractivity contribution < 1.29 is 9.53 Å². The molecule has 0 spiro atoms. The van der Waals surface area contributed by atoms with Crippen LogP contribution in [0.3, 0.4) is 0 Å². The third-order valence-electron chi connectivity index (χ3n) is 3.00. The number of ether oxygens (including phenoxy) is 1. The third-order valence-corrected chi connectivity index (χ3v) is 3.00. The zero-order valence-electron chi connectivity index (χ0n) is 9.48. The average molecular weight is 223 g/mol. The van der Waals surface area contributed by atoms with Crippen molar-refractivity contribution in [1.29, 1.82) is 0 Å². The average Bonchev–Trinajstić information content (AvgIpc) is 2.83. The Morgan fingerprint density at radius 1 is 1.75 bits per heavy atom. The molecule has 2 rings (SSSR count). The molecule has 0 bridgehead atoms. The molecule has 88 valence electrons. The van der Waals surface area contributed by atoms with Gasteiger partial charge >= 0.3 is 0 Å². The van der Waals surface area contributed by atoms with E-state index in [-0.39, 0.29) is 12.5 Å². The van der Waals surface area contributed by atoms with E-state index >= 15 is 0 Å². The van der Waals surface area contributed by atoms with Crippen LogP contribution in [0.1, 0.15) is 24.5 Å². The van der Waals surface area contributed by atoms with Crippen LogP contribution in [-0.2, 0) is 9.53 Å². The molecule has 0 radical (unpaired) electrons. The van der Waals surface area contributed by atoms with E-state index in [1.54, 1.807) is 13.3 Å². The fraction of sp³-hybridized carbons (Fsp3) is 0.636. The molecule has 0 aliphatic carbocycles. The second-order valence-electron chi connectivity index (χ2n) is 4.12. The van der Waals surface area contributed by atoms with E-state index in [4.69, 9.17) is 4.74 Å². The summed E-state index contributed by atoms with van der Waals surface area (Å²) >= 11 is 0. The lowest BCUT2D eigenvalue weighted by Gasteiger charge is -2.32. The van der Waals surface area contributed by atoms with E-state index in [0.29, 0.717) is 5.92 Å². The predicted octanol–water partition coefficient (Wildman–Crippen LogP) is 0.762. The van der Waals surface area contributed by atoms with Crippen molar-refractivity contribution in [1.82, 2.24) is 15.1 Å². The molecule has 1 amide bonds. The van der Waals surface area contributed by atoms with Crippen LogP contribution in [0.2, 0.25) is 0 Å². The number of amides is 1. The van der Waals surface area contributed by atoms with Gasteiger partial charge in [0.15, 0.2) is 0 Å². The summed E-state index contributed by atoms with van der Waals surface area (Å²) in [6, 6.07) is 1.98. The van der Waals surface area contributed by atoms with Crippen molar-refractivity contribution in [2.24, 2.45) is 0 Å². The van der Waals surface area contributed by atoms with Crippen molar-refractivity contribution in [2.75, 3.05) is 26.8 Å². The van der Waals surface area contributed by atoms with Gasteiger partial charge in [-0.2, -0.15) is 5.10 Å². The molecule has 1 aliphatic rings. The van der Waals surface area contributed by atoms with Crippen LogP contribution in [0, 0.1) is 0 Å². The van der Waals surface area contributed by atoms with Crippen molar-refractivity contribution in [3.05, 3.63) is 18.0 Å². The summed E-state index contributed by atoms with van der Waals surface area (Å²) in [5.41, 5.74) is 1.12. The van der Waals surface area contributed by atoms with Gasteiger partial charge in [0.25, 0.3) is 0 Å². The first-order valence-electron chi connectivity index (χ1n) is 5.57. The molecular formula is C11H17N3O2. The summed E-state index contributed by atoms with van der Waals surface area (Å²) in [4.78, 5) is 13.6. The number of nitrogens with zero attached hydrogens (tertiary/aromatic N) is 2. The Morgan fingerprint density at radius 2 is 2.62 bits per heavy atom. The van der Waals surface area contributed by atoms with E-state index in [0.717, 1.165) is 31.6 Å². The number of aromatic nitrogens is 2. The minimum atomic E-state index is 0.0757. The van der Waals surface area contributed by atoms with Gasteiger partial charge in [-0.15, -0.1) is 0 Å². The Hall–Kier alpha value is -1.36. The highest BCUT2D eigenvalue weighted by molar-refractivity contribution is 5.77. The lowest BCUT2D eigenvalue weighted by atomic mass is 9.95. The Morgan fingerprint density at radius 3 is 3.31 bits per heavy atom. The number of hydrogen-bond donors (Lipinski definition) is 1. The highest BCUT2D eigenvalue weighted by Gasteiger charge is 2.25. The van der Waals surface area contributed by atoms with Gasteiger partial charge in [-0.25, -0.2) is 0 Å². The normalized spacial score (nSPS) is 21.1. The maximum absolute atomic E-state index is 11.7. The number of aromatic amines is 1. The number of hydrogen-bond acceptors (Lipinski definition) is 3. The van der Waals surface area contributed by atoms with Gasteiger partial charge in [0.2, 0.25) is 5.91 Å². The van der Waals surface area contributed by atoms with Gasteiger partial charge in [0.1, 0.15) is 6.61 Å². The van der Waals surface area contributed by atoms with Crippen LogP contribution in [0.4, 0.5) is 0 Å². The number of likely N-dealkylation sites (tertiary alicyclic amines) is 1. The Labute approximate surface area is 94.8 Å². The second-order valence-corrected chi connectivity index (χ2v) is 4.12. The molecule has 0 aromatic carbocycles. The summed E-state index contributed by atoms with van der Waals surface area (Å²) < 4.78 is 4.87. The largest absolute Gasteiger partial charge is 0.375 e. The Kier molecular flexibility index (Phi) is 3.56. The SMILES string of the molecule is COCC(=O)N1CCCC(c2ccn[nH]2)C1. The van der Waals surface area contributed by atoms with Crippen LogP contribution < -0.4 is 0 Å². The number of H-pyrrole nitrogens is 1. The quantitative estimate of drug-likeness (QED) is 0.823. The molecule has 1 fully saturated rings. The Bertz CT molecular complexity index is 337. The first-order valence-corrected chi connectivity index (χ1v) is 5.57. The summed E-state index contributed by atoms with van der Waals surface area (Å²) in [6.45, 7) is 1.78. The van der Waals surface area contributed by atoms with E-state index < -0.39 is 0 Å². The topological polar surface area (TPSA) is 58.2 Å². The number of nitrogens with one attached hydrogen (secondary N) is 1. The molecule has 1 unspecified atom stereocenters. The fourth-order valence-electron chi connectivity index (χ4n) is 2.17. The molecule has 1 aliphatic heterocycles. The molecule has 5 heteroatoms. The van der Waals surface area contributed by atoms with E-state index in [9.17, 15) is 4.79 Å². The number of carbonyl (C=O) groups is 1. The lowest BCUT2D eigenvalue weighted by Crippen LogP contribution is -2.40. The van der Waals surface area contributed by atoms with E-state index in [1.165, 1.54) is 0 Å². The number of rotatable bonds is 3. The van der Waals surface area contributed by atoms with E-state index in [2.05, 4.69) is 10.2 Å². The first kappa shape index (κ1) is 11.1. The van der Waals surface area contributed by atoms with Crippen LogP contribution >= 0.6 is 0 Å². The van der Waals surface area contributed by atoms with Crippen LogP contribution in [-0.4, -0.2) is 47.8 Å². The summed E-state index contributed by atoms with van der Waals surface area (Å²) in [6.07, 6.45) is 3.91. The first-order chi connectivity index (χ1) is 7.81. The van der Waals surface area contributed by atoms with Gasteiger partial charge in [0.05, 0.1) is 0 Å². The van der Waals surface area contributed by atoms with Gasteiger partial charge in [0, 0.05) is 38.0 Å². The molecule has 0 saturated carbocycles. The van der Waals surface area contributed by atoms with Crippen LogP contribution in [0.15, 0.2) is 12.3 Å². The zero-order chi connectivity index (χ0) is 11.4. The van der Waals surface area contributed by atoms with Crippen molar-refractivity contribution in [2.45, 2.75) is 18.8 Å². The van der Waals surface area contributed by atoms with Gasteiger partial charge in [-0.1, -0.05) is 0 Å². The highest BCUT2D eigenvalue weighted by Crippen LogP contribution is 2.25. The van der Waals surface area contributed by atoms with Gasteiger partial charge < -0.3 is 9.64 Å². The van der Waals surface area contributed by atoms with Gasteiger partial charge in [-0.3, -0.25) is 9.89 Å². The molecule has 2 heterocycles. The summed E-state index contributed by atoms with van der Waals surface area (Å²) in [5, 5.41) is 6.93. The molecule has 1 atom stereocenters. The molecule has 16 heavy (non-hydrogen) atoms. The molecule has 1 aromatic heterocycles. The smallest absolute Gasteiger partial charge is 0.248 e. The highest BCUT2D eigenvalue weighted by atomic mass is 16.5. The minimum absolute atomic E-state index is 0.0757. The fourth-order valence-corrected chi connectivity index (χ4v) is 2.17. The second kappa shape index (κ2) is 5.12. The monoisotopic (exact) mass is 223 g/mol. The predicted molar refractivity (Wildman–Crippen MR) is 59.0 cm³/mol. The molecule has 1 aromatic rings. The van der Waals surface area contributed by atoms with E-state index in [1.807, 2.05) is 11.0 Å². The van der Waals surface area contributed by atoms with Crippen LogP contribution in [0.25, 0.3) is 0 Å². The van der Waals surface area contributed by atoms with Gasteiger partial charge in [-0.05, 0) is 18.9 Å². The minimum Gasteiger partial charge on any atom is -0.375 e. The third kappa shape index (κ3) is 2.41. The lowest BCUT2D eigenvalue weighted by molar-refractivity contribution is -0.136. The molecule has 1 saturated heterocycles. The zero-order valence-corrected chi connectivity index (χ0v) is 9.48. The number of methoxy groups -OCH3 is 1. The Balaban J connectivity index is 1.96. The number of piperidine rings is 1. The molecular weight excluding hydrogens is 206 g/mol.